The van der Waals surface area contributed by atoms with Gasteiger partial charge in [-0.05, 0) is 88.5 Å². The smallest absolute Gasteiger partial charge is 0.135 e. The number of para-hydroxylation sites is 2. The molecule has 42 heavy (non-hydrogen) atoms. The Hall–Kier alpha value is -6.10. The zero-order valence-electron chi connectivity index (χ0n) is 22.3. The van der Waals surface area contributed by atoms with Gasteiger partial charge in [-0.3, -0.25) is 0 Å². The highest BCUT2D eigenvalue weighted by molar-refractivity contribution is 6.08. The lowest BCUT2D eigenvalue weighted by Crippen LogP contribution is -1.93. The quantitative estimate of drug-likeness (QED) is 0.225. The molecule has 8 aromatic rings. The number of benzene rings is 6. The summed E-state index contributed by atoms with van der Waals surface area (Å²) < 4.78 is 12.1. The van der Waals surface area contributed by atoms with Crippen LogP contribution in [0.15, 0.2) is 130 Å². The number of fused-ring (bicyclic) bond motifs is 6. The maximum Gasteiger partial charge on any atom is 0.135 e. The van der Waals surface area contributed by atoms with Gasteiger partial charge in [0.1, 0.15) is 22.3 Å². The van der Waals surface area contributed by atoms with E-state index in [0.29, 0.717) is 11.1 Å². The largest absolute Gasteiger partial charge is 0.456 e. The minimum atomic E-state index is 0.566. The highest BCUT2D eigenvalue weighted by Gasteiger charge is 2.18. The molecule has 2 heterocycles. The topological polar surface area (TPSA) is 73.9 Å². The summed E-state index contributed by atoms with van der Waals surface area (Å²) >= 11 is 0. The van der Waals surface area contributed by atoms with Crippen molar-refractivity contribution in [3.8, 4) is 45.5 Å². The Morgan fingerprint density at radius 1 is 0.429 bits per heavy atom. The van der Waals surface area contributed by atoms with Crippen molar-refractivity contribution in [1.82, 2.24) is 0 Å². The minimum Gasteiger partial charge on any atom is -0.456 e. The molecular weight excluding hydrogens is 516 g/mol. The molecule has 0 unspecified atom stereocenters. The van der Waals surface area contributed by atoms with Gasteiger partial charge in [-0.15, -0.1) is 0 Å². The van der Waals surface area contributed by atoms with Crippen molar-refractivity contribution in [2.24, 2.45) is 0 Å². The molecule has 0 N–H and O–H groups in total. The molecule has 0 spiro atoms. The highest BCUT2D eigenvalue weighted by Crippen LogP contribution is 2.42. The van der Waals surface area contributed by atoms with Gasteiger partial charge in [0, 0.05) is 27.1 Å². The van der Waals surface area contributed by atoms with Crippen LogP contribution in [0, 0.1) is 22.7 Å². The summed E-state index contributed by atoms with van der Waals surface area (Å²) in [6.07, 6.45) is 0. The first-order chi connectivity index (χ1) is 20.7. The number of nitrogens with zero attached hydrogens (tertiary/aromatic N) is 2. The molecule has 2 aromatic heterocycles. The highest BCUT2D eigenvalue weighted by atomic mass is 16.3. The van der Waals surface area contributed by atoms with Gasteiger partial charge in [0.25, 0.3) is 0 Å². The average Bonchev–Trinajstić information content (AvgIpc) is 3.61. The fraction of sp³-hybridized carbons (Fsp3) is 0. The summed E-state index contributed by atoms with van der Waals surface area (Å²) in [6, 6.07) is 44.5. The van der Waals surface area contributed by atoms with Crippen LogP contribution < -0.4 is 0 Å². The van der Waals surface area contributed by atoms with Crippen LogP contribution in [-0.2, 0) is 0 Å². The van der Waals surface area contributed by atoms with E-state index in [-0.39, 0.29) is 0 Å². The zero-order valence-corrected chi connectivity index (χ0v) is 22.3. The van der Waals surface area contributed by atoms with Crippen molar-refractivity contribution in [2.45, 2.75) is 0 Å². The molecule has 0 radical (unpaired) electrons. The molecule has 6 aromatic carbocycles. The monoisotopic (exact) mass is 536 g/mol. The normalized spacial score (nSPS) is 11.3. The molecule has 8 rings (SSSR count). The summed E-state index contributed by atoms with van der Waals surface area (Å²) in [5, 5.41) is 24.0. The van der Waals surface area contributed by atoms with E-state index in [4.69, 9.17) is 8.83 Å². The second-order valence-electron chi connectivity index (χ2n) is 10.4. The number of rotatable bonds is 3. The number of hydrogen-bond acceptors (Lipinski definition) is 4. The maximum absolute atomic E-state index is 10.5. The molecular formula is C38H20N2O2. The van der Waals surface area contributed by atoms with Crippen LogP contribution in [0.3, 0.4) is 0 Å². The lowest BCUT2D eigenvalue weighted by atomic mass is 9.86. The third-order valence-electron chi connectivity index (χ3n) is 7.96. The molecule has 0 saturated heterocycles. The molecule has 4 heteroatoms. The first-order valence-corrected chi connectivity index (χ1v) is 13.6. The second-order valence-corrected chi connectivity index (χ2v) is 10.4. The van der Waals surface area contributed by atoms with Gasteiger partial charge in [0.15, 0.2) is 0 Å². The third-order valence-corrected chi connectivity index (χ3v) is 7.96. The van der Waals surface area contributed by atoms with Gasteiger partial charge in [-0.1, -0.05) is 60.7 Å². The number of nitriles is 2. The fourth-order valence-electron chi connectivity index (χ4n) is 5.95. The first-order valence-electron chi connectivity index (χ1n) is 13.6. The Bertz CT molecular complexity index is 2430. The van der Waals surface area contributed by atoms with Crippen LogP contribution in [0.5, 0.6) is 0 Å². The molecule has 0 atom stereocenters. The van der Waals surface area contributed by atoms with Crippen molar-refractivity contribution in [3.05, 3.63) is 132 Å². The van der Waals surface area contributed by atoms with E-state index in [0.717, 1.165) is 77.3 Å². The lowest BCUT2D eigenvalue weighted by molar-refractivity contribution is 0.668. The summed E-state index contributed by atoms with van der Waals surface area (Å²) in [7, 11) is 0. The minimum absolute atomic E-state index is 0.566. The Labute approximate surface area is 240 Å². The molecule has 4 nitrogen and oxygen atoms in total. The molecule has 0 aliphatic carbocycles. The van der Waals surface area contributed by atoms with Gasteiger partial charge in [-0.2, -0.15) is 10.5 Å². The first kappa shape index (κ1) is 23.8. The van der Waals surface area contributed by atoms with Gasteiger partial charge in [0.2, 0.25) is 0 Å². The van der Waals surface area contributed by atoms with Crippen molar-refractivity contribution < 1.29 is 8.83 Å². The molecule has 0 amide bonds. The maximum atomic E-state index is 10.5. The Morgan fingerprint density at radius 3 is 1.60 bits per heavy atom. The Morgan fingerprint density at radius 2 is 0.976 bits per heavy atom. The Balaban J connectivity index is 1.39. The van der Waals surface area contributed by atoms with E-state index < -0.39 is 0 Å². The van der Waals surface area contributed by atoms with E-state index in [2.05, 4.69) is 42.5 Å². The lowest BCUT2D eigenvalue weighted by Gasteiger charge is -2.16. The van der Waals surface area contributed by atoms with Gasteiger partial charge in [-0.25, -0.2) is 0 Å². The fourth-order valence-corrected chi connectivity index (χ4v) is 5.95. The van der Waals surface area contributed by atoms with Crippen LogP contribution in [0.25, 0.3) is 77.3 Å². The zero-order chi connectivity index (χ0) is 28.2. The van der Waals surface area contributed by atoms with Crippen LogP contribution in [0.1, 0.15) is 11.1 Å². The van der Waals surface area contributed by atoms with Crippen molar-refractivity contribution in [3.63, 3.8) is 0 Å². The molecule has 0 saturated carbocycles. The number of furan rings is 2. The van der Waals surface area contributed by atoms with E-state index in [1.807, 2.05) is 91.0 Å². The molecule has 0 aliphatic rings. The van der Waals surface area contributed by atoms with Crippen LogP contribution >= 0.6 is 0 Å². The van der Waals surface area contributed by atoms with Crippen LogP contribution in [0.4, 0.5) is 0 Å². The van der Waals surface area contributed by atoms with Crippen molar-refractivity contribution in [2.75, 3.05) is 0 Å². The van der Waals surface area contributed by atoms with Crippen molar-refractivity contribution in [1.29, 1.82) is 10.5 Å². The SMILES string of the molecule is N#Cc1ccc(-c2cc(-c3ccc4oc5ccccc5c4c3)cc(C#N)c2-c2ccc3oc4ccccc4c3c2)cc1. The van der Waals surface area contributed by atoms with E-state index >= 15 is 0 Å². The van der Waals surface area contributed by atoms with Gasteiger partial charge in [0.05, 0.1) is 23.3 Å². The van der Waals surface area contributed by atoms with E-state index in [9.17, 15) is 10.5 Å². The van der Waals surface area contributed by atoms with Gasteiger partial charge < -0.3 is 8.83 Å². The molecule has 0 bridgehead atoms. The predicted octanol–water partition coefficient (Wildman–Crippen LogP) is 10.2. The molecule has 0 fully saturated rings. The standard InChI is InChI=1S/C38H20N2O2/c39-21-23-9-11-24(12-10-23)31-20-27(25-13-15-36-32(18-25)29-5-1-3-7-34(29)41-36)17-28(22-40)38(31)26-14-16-37-33(19-26)30-6-2-4-8-35(30)42-37/h1-20H. The summed E-state index contributed by atoms with van der Waals surface area (Å²) in [6.45, 7) is 0. The predicted molar refractivity (Wildman–Crippen MR) is 167 cm³/mol. The summed E-state index contributed by atoms with van der Waals surface area (Å²) in [4.78, 5) is 0. The summed E-state index contributed by atoms with van der Waals surface area (Å²) in [5.74, 6) is 0. The number of hydrogen-bond donors (Lipinski definition) is 0. The Kier molecular flexibility index (Phi) is 5.22. The second kappa shape index (κ2) is 9.24. The average molecular weight is 537 g/mol. The van der Waals surface area contributed by atoms with Crippen LogP contribution in [-0.4, -0.2) is 0 Å². The van der Waals surface area contributed by atoms with E-state index in [1.165, 1.54) is 0 Å². The summed E-state index contributed by atoms with van der Waals surface area (Å²) in [5.41, 5.74) is 9.97. The molecule has 0 aliphatic heterocycles. The molecule has 194 valence electrons. The third kappa shape index (κ3) is 3.68. The van der Waals surface area contributed by atoms with Crippen LogP contribution in [0.2, 0.25) is 0 Å². The van der Waals surface area contributed by atoms with Crippen molar-refractivity contribution >= 4 is 43.9 Å². The van der Waals surface area contributed by atoms with Gasteiger partial charge >= 0.3 is 0 Å². The van der Waals surface area contributed by atoms with E-state index in [1.54, 1.807) is 0 Å².